The van der Waals surface area contributed by atoms with Gasteiger partial charge in [-0.3, -0.25) is 76.7 Å². The molecule has 3 aliphatic rings. The molecule has 0 radical (unpaired) electrons. The summed E-state index contributed by atoms with van der Waals surface area (Å²) in [5.74, 6) is -10.3. The first-order chi connectivity index (χ1) is 70.1. The van der Waals surface area contributed by atoms with Gasteiger partial charge in [0.2, 0.25) is 41.4 Å². The number of hydrogen-bond donors (Lipinski definition) is 8. The van der Waals surface area contributed by atoms with Gasteiger partial charge in [0.15, 0.2) is 55.5 Å². The van der Waals surface area contributed by atoms with Crippen molar-refractivity contribution in [3.63, 3.8) is 0 Å². The van der Waals surface area contributed by atoms with Crippen LogP contribution < -0.4 is 42.5 Å². The number of rotatable bonds is 80. The van der Waals surface area contributed by atoms with Crippen molar-refractivity contribution < 1.29 is 199 Å². The Balaban J connectivity index is 1.68. The minimum absolute atomic E-state index is 0.00343. The Morgan fingerprint density at radius 1 is 0.327 bits per heavy atom. The Hall–Kier alpha value is -9.32. The van der Waals surface area contributed by atoms with Gasteiger partial charge < -0.3 is 165 Å². The van der Waals surface area contributed by atoms with Crippen molar-refractivity contribution in [1.82, 2.24) is 47.2 Å². The highest BCUT2D eigenvalue weighted by Crippen LogP contribution is 2.46. The summed E-state index contributed by atoms with van der Waals surface area (Å²) in [5.41, 5.74) is 0. The molecule has 3 fully saturated rings. The monoisotopic (exact) mass is 2130 g/mol. The lowest BCUT2D eigenvalue weighted by molar-refractivity contribution is -0.280. The number of esters is 9. The second-order valence-corrected chi connectivity index (χ2v) is 36.1. The molecule has 0 aromatic heterocycles. The van der Waals surface area contributed by atoms with Gasteiger partial charge in [0.1, 0.15) is 82.1 Å². The summed E-state index contributed by atoms with van der Waals surface area (Å²) in [7, 11) is -1.43. The van der Waals surface area contributed by atoms with E-state index in [4.69, 9.17) is 123 Å². The maximum Gasteiger partial charge on any atom is 0.303 e. The van der Waals surface area contributed by atoms with E-state index < -0.39 is 227 Å². The van der Waals surface area contributed by atoms with Gasteiger partial charge in [0.25, 0.3) is 8.53 Å². The van der Waals surface area contributed by atoms with E-state index in [-0.39, 0.29) is 209 Å². The molecule has 7 amide bonds. The summed E-state index contributed by atoms with van der Waals surface area (Å²) in [5, 5.41) is 31.8. The maximum atomic E-state index is 14.6. The van der Waals surface area contributed by atoms with Crippen molar-refractivity contribution in [3.05, 3.63) is 0 Å². The maximum absolute atomic E-state index is 14.6. The third-order valence-electron chi connectivity index (χ3n) is 20.8. The van der Waals surface area contributed by atoms with Crippen molar-refractivity contribution in [2.45, 2.75) is 310 Å². The van der Waals surface area contributed by atoms with Gasteiger partial charge in [-0.25, -0.2) is 4.67 Å². The summed E-state index contributed by atoms with van der Waals surface area (Å²) >= 11 is 0. The van der Waals surface area contributed by atoms with E-state index in [0.29, 0.717) is 45.1 Å². The molecule has 0 aromatic rings. The number of nitriles is 1. The van der Waals surface area contributed by atoms with E-state index in [1.165, 1.54) is 34.6 Å². The van der Waals surface area contributed by atoms with E-state index in [0.717, 1.165) is 48.0 Å². The molecule has 0 aliphatic carbocycles. The van der Waals surface area contributed by atoms with E-state index in [9.17, 15) is 82.0 Å². The minimum atomic E-state index is -1.43. The first kappa shape index (κ1) is 132. The second kappa shape index (κ2) is 77.9. The van der Waals surface area contributed by atoms with Crippen LogP contribution in [0.5, 0.6) is 0 Å². The number of nitrogens with one attached hydrogen (secondary N) is 8. The van der Waals surface area contributed by atoms with Crippen LogP contribution in [0, 0.1) is 11.3 Å². The van der Waals surface area contributed by atoms with Crippen LogP contribution in [0.15, 0.2) is 0 Å². The molecule has 52 nitrogen and oxygen atoms in total. The molecule has 3 aliphatic heterocycles. The Morgan fingerprint density at radius 2 is 0.633 bits per heavy atom. The third kappa shape index (κ3) is 59.8. The highest BCUT2D eigenvalue weighted by Gasteiger charge is 2.55. The van der Waals surface area contributed by atoms with Crippen LogP contribution in [-0.2, 0) is 199 Å². The van der Waals surface area contributed by atoms with E-state index in [1.54, 1.807) is 0 Å². The molecular weight excluding hydrogens is 1970 g/mol. The molecule has 147 heavy (non-hydrogen) atoms. The summed E-state index contributed by atoms with van der Waals surface area (Å²) < 4.78 is 150. The van der Waals surface area contributed by atoms with Crippen molar-refractivity contribution in [2.75, 3.05) is 191 Å². The van der Waals surface area contributed by atoms with E-state index in [2.05, 4.69) is 53.3 Å². The fraction of sp³-hybridized carbons (Fsp3) is 0.819. The van der Waals surface area contributed by atoms with Gasteiger partial charge in [0.05, 0.1) is 151 Å². The van der Waals surface area contributed by atoms with Crippen LogP contribution in [0.2, 0.25) is 0 Å². The highest BCUT2D eigenvalue weighted by molar-refractivity contribution is 7.44. The zero-order valence-electron chi connectivity index (χ0n) is 87.8. The zero-order chi connectivity index (χ0) is 109. The van der Waals surface area contributed by atoms with Gasteiger partial charge in [-0.15, -0.1) is 0 Å². The molecular formula is C94H159N10O42P. The summed E-state index contributed by atoms with van der Waals surface area (Å²) in [6.45, 7) is 24.0. The molecule has 842 valence electrons. The predicted octanol–water partition coefficient (Wildman–Crippen LogP) is 0.528. The number of nitrogens with zero attached hydrogens (tertiary/aromatic N) is 2. The summed E-state index contributed by atoms with van der Waals surface area (Å²) in [4.78, 5) is 202. The number of unbranched alkanes of at least 4 members (excludes halogenated alkanes) is 5. The number of ether oxygens (including phenoxy) is 24. The highest BCUT2D eigenvalue weighted by atomic mass is 31.2. The Morgan fingerprint density at radius 3 is 0.973 bits per heavy atom. The van der Waals surface area contributed by atoms with Crippen molar-refractivity contribution in [1.29, 1.82) is 5.26 Å². The molecule has 8 N–H and O–H groups in total. The number of hydrogen-bond acceptors (Lipinski definition) is 45. The Kier molecular flexibility index (Phi) is 69.9. The van der Waals surface area contributed by atoms with Crippen LogP contribution in [0.4, 0.5) is 0 Å². The summed E-state index contributed by atoms with van der Waals surface area (Å²) in [6, 6.07) is -3.39. The van der Waals surface area contributed by atoms with Crippen LogP contribution in [0.25, 0.3) is 0 Å². The Labute approximate surface area is 859 Å². The van der Waals surface area contributed by atoms with E-state index in [1.807, 2.05) is 41.5 Å². The SMILES string of the molecule is CC(=O)N[C@H]1[C@H](OCCOCCOCCOCC(=O)NCCCC[C@H](NC(=O)[C@H](CCCCNC(=O)COCCOCCOCCO[C@@H]2O[C@H](COC(C)=O)[C@H](OC(C)=O)[C@H](OC(C)=O)[C@H]2NC(C)C)NC(=O)COCCOCCOCCO[C@@H]2O[C@H](COC(C)=O)[C@H](OC(C)=O)[C@H](OC(C)=O)[C@H]2NC(C)=O)C(=O)NCCCCCCOP(OCCC#N)N(C(C)C)C(C)C)O[C@H](COC(C)=O)[C@H](OC(C)=O)[C@@H]1OC(C)=O. The summed E-state index contributed by atoms with van der Waals surface area (Å²) in [6.07, 6.45) is -10.3. The molecule has 0 spiro atoms. The molecule has 53 heteroatoms. The normalized spacial score (nSPS) is 21.3. The van der Waals surface area contributed by atoms with Crippen LogP contribution in [-0.4, -0.2) is 413 Å². The van der Waals surface area contributed by atoms with Gasteiger partial charge >= 0.3 is 53.7 Å². The molecule has 1 unspecified atom stereocenters. The molecule has 0 bridgehead atoms. The quantitative estimate of drug-likeness (QED) is 0.0178. The first-order valence-corrected chi connectivity index (χ1v) is 50.6. The Bertz CT molecular complexity index is 3930. The smallest absolute Gasteiger partial charge is 0.303 e. The first-order valence-electron chi connectivity index (χ1n) is 49.5. The lowest BCUT2D eigenvalue weighted by Gasteiger charge is -2.45. The molecule has 18 atom stereocenters. The largest absolute Gasteiger partial charge is 0.463 e. The number of carbonyl (C=O) groups excluding carboxylic acids is 16. The van der Waals surface area contributed by atoms with Crippen LogP contribution >= 0.6 is 8.53 Å². The van der Waals surface area contributed by atoms with Crippen molar-refractivity contribution in [2.24, 2.45) is 0 Å². The van der Waals surface area contributed by atoms with Crippen molar-refractivity contribution in [3.8, 4) is 6.07 Å². The molecule has 0 saturated carbocycles. The standard InChI is InChI=1S/C94H159N10O42P/c1-59(2)99-81-87(141-70(15)113)84(138-67(12)110)75(53-133-64(9)107)144-92(81)130-50-47-124-38-35-121-41-45-128-57-79(117)97-31-24-21-28-74(102-80(118)58-129-46-43-123-37-40-126-49-52-132-94-83(101-63(8)106)89(143-72(17)115)86(140-69(14)112)77(146-94)55-135-66(11)109)91(120)103-73(90(119)98-32-22-18-19-25-33-136-147(137-34-26-29-95)104(60(3)4)61(5)6)27-20-23-30-96-78(116)56-127-44-42-122-36-39-125-48-51-131-93-82(100-62(7)105)88(142-71(16)114)85(139-68(13)111)76(145-93)54-134-65(10)108/h59-61,73-77,81-89,92-94,99H,18-28,30-58H2,1-17H3,(H,96,116)(H,97,117)(H,98,119)(H,100,105)(H,101,106)(H,102,118)(H,103,120)/t73-,74-,75+,76+,77+,81+,82+,83+,84-,85-,86-,87+,88+,89+,92+,93+,94+,147?/m0/s1. The predicted molar refractivity (Wildman–Crippen MR) is 512 cm³/mol. The van der Waals surface area contributed by atoms with Crippen LogP contribution in [0.3, 0.4) is 0 Å². The van der Waals surface area contributed by atoms with Gasteiger partial charge in [-0.1, -0.05) is 26.7 Å². The molecule has 3 saturated heterocycles. The lowest BCUT2D eigenvalue weighted by atomic mass is 9.95. The van der Waals surface area contributed by atoms with Gasteiger partial charge in [-0.05, 0) is 79.1 Å². The minimum Gasteiger partial charge on any atom is -0.463 e. The molecule has 3 heterocycles. The van der Waals surface area contributed by atoms with Crippen LogP contribution in [0.1, 0.15) is 188 Å². The molecule has 0 aromatic carbocycles. The average molecular weight is 2130 g/mol. The lowest BCUT2D eigenvalue weighted by Crippen LogP contribution is -2.66. The average Bonchev–Trinajstić information content (AvgIpc) is 0.792. The second-order valence-electron chi connectivity index (χ2n) is 34.7. The van der Waals surface area contributed by atoms with Gasteiger partial charge in [0, 0.05) is 114 Å². The topological polar surface area (TPSA) is 636 Å². The fourth-order valence-electron chi connectivity index (χ4n) is 14.9. The number of carbonyl (C=O) groups is 16. The van der Waals surface area contributed by atoms with Gasteiger partial charge in [-0.2, -0.15) is 5.26 Å². The zero-order valence-corrected chi connectivity index (χ0v) is 88.7. The molecule has 3 rings (SSSR count). The third-order valence-corrected chi connectivity index (χ3v) is 22.9. The fourth-order valence-corrected chi connectivity index (χ4v) is 16.5. The number of amides is 7. The van der Waals surface area contributed by atoms with E-state index >= 15 is 0 Å². The van der Waals surface area contributed by atoms with Crippen molar-refractivity contribution >= 4 is 104 Å².